The van der Waals surface area contributed by atoms with Gasteiger partial charge in [-0.2, -0.15) is 0 Å². The summed E-state index contributed by atoms with van der Waals surface area (Å²) in [4.78, 5) is 13.3. The van der Waals surface area contributed by atoms with E-state index in [2.05, 4.69) is 6.58 Å². The summed E-state index contributed by atoms with van der Waals surface area (Å²) in [5.74, 6) is 0. The highest BCUT2D eigenvalue weighted by atomic mass is 16.6. The van der Waals surface area contributed by atoms with Crippen molar-refractivity contribution in [1.29, 1.82) is 0 Å². The number of likely N-dealkylation sites (tertiary alicyclic amines) is 1. The zero-order valence-corrected chi connectivity index (χ0v) is 10.3. The van der Waals surface area contributed by atoms with Gasteiger partial charge in [0.05, 0.1) is 12.1 Å². The molecule has 0 bridgehead atoms. The maximum absolute atomic E-state index is 11.7. The van der Waals surface area contributed by atoms with Gasteiger partial charge in [0.15, 0.2) is 0 Å². The molecule has 1 aliphatic rings. The second-order valence-electron chi connectivity index (χ2n) is 5.37. The van der Waals surface area contributed by atoms with Crippen LogP contribution in [0, 0.1) is 0 Å². The Kier molecular flexibility index (Phi) is 3.63. The Morgan fingerprint density at radius 3 is 2.75 bits per heavy atom. The van der Waals surface area contributed by atoms with Gasteiger partial charge in [0.1, 0.15) is 5.60 Å². The van der Waals surface area contributed by atoms with E-state index in [1.165, 1.54) is 0 Å². The lowest BCUT2D eigenvalue weighted by atomic mass is 9.99. The Hall–Kier alpha value is -1.03. The van der Waals surface area contributed by atoms with Gasteiger partial charge in [-0.05, 0) is 33.6 Å². The van der Waals surface area contributed by atoms with Crippen LogP contribution in [0.3, 0.4) is 0 Å². The summed E-state index contributed by atoms with van der Waals surface area (Å²) in [6, 6.07) is 0. The van der Waals surface area contributed by atoms with Crippen LogP contribution in [0.5, 0.6) is 0 Å². The maximum Gasteiger partial charge on any atom is 0.410 e. The molecule has 1 heterocycles. The van der Waals surface area contributed by atoms with Crippen molar-refractivity contribution in [3.05, 3.63) is 12.7 Å². The van der Waals surface area contributed by atoms with E-state index < -0.39 is 11.2 Å². The molecule has 1 saturated heterocycles. The van der Waals surface area contributed by atoms with E-state index in [-0.39, 0.29) is 6.09 Å². The van der Waals surface area contributed by atoms with Crippen LogP contribution in [0.15, 0.2) is 12.7 Å². The van der Waals surface area contributed by atoms with Crippen molar-refractivity contribution in [1.82, 2.24) is 4.90 Å². The second kappa shape index (κ2) is 4.45. The number of ether oxygens (including phenoxy) is 1. The SMILES string of the molecule is C=CC[C@]1(O)CCN(C(=O)OC(C)(C)C)C1. The molecule has 92 valence electrons. The molecule has 0 spiro atoms. The lowest BCUT2D eigenvalue weighted by molar-refractivity contribution is 0.0160. The molecule has 0 unspecified atom stereocenters. The Bertz CT molecular complexity index is 282. The van der Waals surface area contributed by atoms with Crippen LogP contribution in [-0.4, -0.2) is 40.4 Å². The van der Waals surface area contributed by atoms with Crippen LogP contribution in [0.25, 0.3) is 0 Å². The van der Waals surface area contributed by atoms with E-state index in [1.807, 2.05) is 20.8 Å². The first-order valence-corrected chi connectivity index (χ1v) is 5.57. The fourth-order valence-electron chi connectivity index (χ4n) is 1.77. The molecule has 1 fully saturated rings. The van der Waals surface area contributed by atoms with E-state index in [9.17, 15) is 9.90 Å². The number of carbonyl (C=O) groups is 1. The van der Waals surface area contributed by atoms with Crippen LogP contribution >= 0.6 is 0 Å². The lowest BCUT2D eigenvalue weighted by Gasteiger charge is -2.25. The molecule has 4 heteroatoms. The van der Waals surface area contributed by atoms with Crippen molar-refractivity contribution in [2.75, 3.05) is 13.1 Å². The first-order valence-electron chi connectivity index (χ1n) is 5.57. The van der Waals surface area contributed by atoms with Gasteiger partial charge in [-0.15, -0.1) is 6.58 Å². The van der Waals surface area contributed by atoms with E-state index in [1.54, 1.807) is 11.0 Å². The minimum atomic E-state index is -0.821. The van der Waals surface area contributed by atoms with Gasteiger partial charge in [0, 0.05) is 6.54 Å². The van der Waals surface area contributed by atoms with E-state index in [0.717, 1.165) is 0 Å². The van der Waals surface area contributed by atoms with E-state index >= 15 is 0 Å². The number of hydrogen-bond acceptors (Lipinski definition) is 3. The Balaban J connectivity index is 2.53. The topological polar surface area (TPSA) is 49.8 Å². The number of hydrogen-bond donors (Lipinski definition) is 1. The molecule has 0 aromatic rings. The molecule has 1 aliphatic heterocycles. The first-order chi connectivity index (χ1) is 7.26. The molecule has 0 aromatic heterocycles. The summed E-state index contributed by atoms with van der Waals surface area (Å²) in [6.45, 7) is 9.96. The number of amides is 1. The van der Waals surface area contributed by atoms with Crippen LogP contribution in [0.1, 0.15) is 33.6 Å². The molecule has 4 nitrogen and oxygen atoms in total. The summed E-state index contributed by atoms with van der Waals surface area (Å²) in [6.07, 6.45) is 2.41. The predicted molar refractivity (Wildman–Crippen MR) is 62.2 cm³/mol. The molecule has 1 atom stereocenters. The number of nitrogens with zero attached hydrogens (tertiary/aromatic N) is 1. The highest BCUT2D eigenvalue weighted by Crippen LogP contribution is 2.26. The van der Waals surface area contributed by atoms with Gasteiger partial charge >= 0.3 is 6.09 Å². The zero-order valence-electron chi connectivity index (χ0n) is 10.3. The molecule has 1 amide bonds. The number of aliphatic hydroxyl groups is 1. The molecule has 0 saturated carbocycles. The average Bonchev–Trinajstić information content (AvgIpc) is 2.45. The van der Waals surface area contributed by atoms with Crippen LogP contribution in [0.4, 0.5) is 4.79 Å². The molecule has 0 radical (unpaired) electrons. The quantitative estimate of drug-likeness (QED) is 0.733. The first kappa shape index (κ1) is 13.0. The summed E-state index contributed by atoms with van der Waals surface area (Å²) in [7, 11) is 0. The third-order valence-corrected chi connectivity index (χ3v) is 2.51. The van der Waals surface area contributed by atoms with Gasteiger partial charge in [0.2, 0.25) is 0 Å². The number of rotatable bonds is 2. The summed E-state index contributed by atoms with van der Waals surface area (Å²) in [5, 5.41) is 10.1. The van der Waals surface area contributed by atoms with E-state index in [4.69, 9.17) is 4.74 Å². The van der Waals surface area contributed by atoms with Gasteiger partial charge in [-0.25, -0.2) is 4.79 Å². The van der Waals surface area contributed by atoms with Crippen molar-refractivity contribution in [3.8, 4) is 0 Å². The monoisotopic (exact) mass is 227 g/mol. The van der Waals surface area contributed by atoms with Gasteiger partial charge in [-0.3, -0.25) is 0 Å². The fraction of sp³-hybridized carbons (Fsp3) is 0.750. The van der Waals surface area contributed by atoms with Crippen molar-refractivity contribution in [2.24, 2.45) is 0 Å². The highest BCUT2D eigenvalue weighted by Gasteiger charge is 2.38. The van der Waals surface area contributed by atoms with Crippen LogP contribution in [-0.2, 0) is 4.74 Å². The van der Waals surface area contributed by atoms with Crippen molar-refractivity contribution in [2.45, 2.75) is 44.8 Å². The van der Waals surface area contributed by atoms with Crippen LogP contribution < -0.4 is 0 Å². The minimum Gasteiger partial charge on any atom is -0.444 e. The number of β-amino-alcohol motifs (C(OH)–C–C–N with tert-alkyl or cyclic N) is 1. The smallest absolute Gasteiger partial charge is 0.410 e. The molecular formula is C12H21NO3. The van der Waals surface area contributed by atoms with Crippen molar-refractivity contribution >= 4 is 6.09 Å². The fourth-order valence-corrected chi connectivity index (χ4v) is 1.77. The zero-order chi connectivity index (χ0) is 12.4. The molecule has 0 aliphatic carbocycles. The Morgan fingerprint density at radius 2 is 2.25 bits per heavy atom. The summed E-state index contributed by atoms with van der Waals surface area (Å²) < 4.78 is 5.24. The Morgan fingerprint density at radius 1 is 1.62 bits per heavy atom. The molecule has 1 rings (SSSR count). The molecular weight excluding hydrogens is 206 g/mol. The predicted octanol–water partition coefficient (Wildman–Crippen LogP) is 1.93. The normalized spacial score (nSPS) is 25.6. The minimum absolute atomic E-state index is 0.327. The third-order valence-electron chi connectivity index (χ3n) is 2.51. The number of carbonyl (C=O) groups excluding carboxylic acids is 1. The van der Waals surface area contributed by atoms with Gasteiger partial charge in [-0.1, -0.05) is 6.08 Å². The van der Waals surface area contributed by atoms with E-state index in [0.29, 0.717) is 25.9 Å². The average molecular weight is 227 g/mol. The van der Waals surface area contributed by atoms with Crippen molar-refractivity contribution < 1.29 is 14.6 Å². The lowest BCUT2D eigenvalue weighted by Crippen LogP contribution is -2.38. The standard InChI is InChI=1S/C12H21NO3/c1-5-6-12(15)7-8-13(9-12)10(14)16-11(2,3)4/h5,15H,1,6-9H2,2-4H3/t12-/m0/s1. The van der Waals surface area contributed by atoms with Gasteiger partial charge < -0.3 is 14.7 Å². The summed E-state index contributed by atoms with van der Waals surface area (Å²) in [5.41, 5.74) is -1.31. The Labute approximate surface area is 96.9 Å². The highest BCUT2D eigenvalue weighted by molar-refractivity contribution is 5.68. The summed E-state index contributed by atoms with van der Waals surface area (Å²) >= 11 is 0. The van der Waals surface area contributed by atoms with Crippen molar-refractivity contribution in [3.63, 3.8) is 0 Å². The third kappa shape index (κ3) is 3.52. The maximum atomic E-state index is 11.7. The molecule has 0 aromatic carbocycles. The van der Waals surface area contributed by atoms with Crippen LogP contribution in [0.2, 0.25) is 0 Å². The molecule has 1 N–H and O–H groups in total. The second-order valence-corrected chi connectivity index (χ2v) is 5.37. The van der Waals surface area contributed by atoms with Gasteiger partial charge in [0.25, 0.3) is 0 Å². The molecule has 16 heavy (non-hydrogen) atoms. The largest absolute Gasteiger partial charge is 0.444 e.